The molecule has 0 aliphatic carbocycles. The van der Waals surface area contributed by atoms with E-state index in [1.807, 2.05) is 24.1 Å². The number of anilines is 1. The molecule has 2 aromatic rings. The third kappa shape index (κ3) is 5.18. The van der Waals surface area contributed by atoms with Crippen molar-refractivity contribution in [3.63, 3.8) is 0 Å². The fourth-order valence-electron chi connectivity index (χ4n) is 2.61. The molecule has 0 fully saturated rings. The SMILES string of the molecule is COc1ccc(CN(C)CC(=O)N(C)c2ccc([N+](=O)[O-])cc2)c(OC)c1. The highest BCUT2D eigenvalue weighted by Gasteiger charge is 2.16. The van der Waals surface area contributed by atoms with Gasteiger partial charge in [0.05, 0.1) is 25.7 Å². The number of carbonyl (C=O) groups is 1. The van der Waals surface area contributed by atoms with Crippen molar-refractivity contribution >= 4 is 17.3 Å². The Balaban J connectivity index is 2.01. The highest BCUT2D eigenvalue weighted by molar-refractivity contribution is 5.94. The number of carbonyl (C=O) groups excluding carboxylic acids is 1. The van der Waals surface area contributed by atoms with Crippen molar-refractivity contribution in [1.82, 2.24) is 4.90 Å². The van der Waals surface area contributed by atoms with E-state index in [0.717, 1.165) is 5.56 Å². The van der Waals surface area contributed by atoms with Gasteiger partial charge in [-0.15, -0.1) is 0 Å². The first-order chi connectivity index (χ1) is 12.8. The summed E-state index contributed by atoms with van der Waals surface area (Å²) in [5.74, 6) is 1.27. The van der Waals surface area contributed by atoms with E-state index in [1.165, 1.54) is 17.0 Å². The van der Waals surface area contributed by atoms with Crippen LogP contribution in [-0.2, 0) is 11.3 Å². The molecule has 144 valence electrons. The lowest BCUT2D eigenvalue weighted by molar-refractivity contribution is -0.384. The lowest BCUT2D eigenvalue weighted by atomic mass is 10.1. The van der Waals surface area contributed by atoms with Crippen molar-refractivity contribution in [3.8, 4) is 11.5 Å². The highest BCUT2D eigenvalue weighted by atomic mass is 16.6. The molecule has 0 radical (unpaired) electrons. The summed E-state index contributed by atoms with van der Waals surface area (Å²) in [6.07, 6.45) is 0. The van der Waals surface area contributed by atoms with Gasteiger partial charge in [0.1, 0.15) is 11.5 Å². The van der Waals surface area contributed by atoms with Gasteiger partial charge in [0.2, 0.25) is 5.91 Å². The summed E-state index contributed by atoms with van der Waals surface area (Å²) in [7, 11) is 6.66. The fourth-order valence-corrected chi connectivity index (χ4v) is 2.61. The molecule has 2 aromatic carbocycles. The summed E-state index contributed by atoms with van der Waals surface area (Å²) in [6, 6.07) is 11.4. The van der Waals surface area contributed by atoms with Crippen LogP contribution in [-0.4, -0.2) is 50.6 Å². The molecule has 1 amide bonds. The van der Waals surface area contributed by atoms with Gasteiger partial charge >= 0.3 is 0 Å². The number of rotatable bonds is 8. The van der Waals surface area contributed by atoms with E-state index >= 15 is 0 Å². The minimum atomic E-state index is -0.471. The number of amides is 1. The van der Waals surface area contributed by atoms with Crippen molar-refractivity contribution in [1.29, 1.82) is 0 Å². The minimum absolute atomic E-state index is 0.0108. The van der Waals surface area contributed by atoms with E-state index in [4.69, 9.17) is 9.47 Å². The number of hydrogen-bond acceptors (Lipinski definition) is 6. The van der Waals surface area contributed by atoms with Crippen LogP contribution in [0.2, 0.25) is 0 Å². The van der Waals surface area contributed by atoms with E-state index in [0.29, 0.717) is 23.7 Å². The van der Waals surface area contributed by atoms with Crippen LogP contribution in [0.3, 0.4) is 0 Å². The summed E-state index contributed by atoms with van der Waals surface area (Å²) >= 11 is 0. The molecular weight excluding hydrogens is 350 g/mol. The van der Waals surface area contributed by atoms with Crippen molar-refractivity contribution < 1.29 is 19.2 Å². The number of nitro groups is 1. The predicted octanol–water partition coefficient (Wildman–Crippen LogP) is 2.71. The molecule has 0 spiro atoms. The van der Waals surface area contributed by atoms with Crippen LogP contribution in [0, 0.1) is 10.1 Å². The average molecular weight is 373 g/mol. The van der Waals surface area contributed by atoms with Crippen LogP contribution in [0.15, 0.2) is 42.5 Å². The second-order valence-electron chi connectivity index (χ2n) is 6.08. The maximum Gasteiger partial charge on any atom is 0.269 e. The van der Waals surface area contributed by atoms with Gasteiger partial charge < -0.3 is 14.4 Å². The van der Waals surface area contributed by atoms with Crippen molar-refractivity contribution in [2.24, 2.45) is 0 Å². The third-order valence-corrected chi connectivity index (χ3v) is 4.16. The Morgan fingerprint density at radius 1 is 1.07 bits per heavy atom. The summed E-state index contributed by atoms with van der Waals surface area (Å²) < 4.78 is 10.6. The van der Waals surface area contributed by atoms with Gasteiger partial charge in [-0.2, -0.15) is 0 Å². The number of hydrogen-bond donors (Lipinski definition) is 0. The number of nitro benzene ring substituents is 1. The van der Waals surface area contributed by atoms with Crippen molar-refractivity contribution in [2.75, 3.05) is 39.8 Å². The number of non-ortho nitro benzene ring substituents is 1. The van der Waals surface area contributed by atoms with Gasteiger partial charge in [0.15, 0.2) is 0 Å². The monoisotopic (exact) mass is 373 g/mol. The molecular formula is C19H23N3O5. The Labute approximate surface area is 158 Å². The molecule has 0 aliphatic heterocycles. The first-order valence-electron chi connectivity index (χ1n) is 8.26. The Bertz CT molecular complexity index is 807. The number of ether oxygens (including phenoxy) is 2. The molecule has 0 N–H and O–H groups in total. The van der Waals surface area contributed by atoms with E-state index in [2.05, 4.69) is 0 Å². The van der Waals surface area contributed by atoms with Gasteiger partial charge in [-0.3, -0.25) is 19.8 Å². The zero-order valence-corrected chi connectivity index (χ0v) is 15.8. The van der Waals surface area contributed by atoms with Crippen LogP contribution in [0.4, 0.5) is 11.4 Å². The maximum absolute atomic E-state index is 12.5. The first-order valence-corrected chi connectivity index (χ1v) is 8.26. The molecule has 0 heterocycles. The summed E-state index contributed by atoms with van der Waals surface area (Å²) in [4.78, 5) is 26.1. The molecule has 27 heavy (non-hydrogen) atoms. The predicted molar refractivity (Wildman–Crippen MR) is 102 cm³/mol. The quantitative estimate of drug-likeness (QED) is 0.522. The van der Waals surface area contributed by atoms with Crippen molar-refractivity contribution in [2.45, 2.75) is 6.54 Å². The van der Waals surface area contributed by atoms with Crippen LogP contribution < -0.4 is 14.4 Å². The zero-order chi connectivity index (χ0) is 20.0. The molecule has 0 aromatic heterocycles. The molecule has 0 unspecified atom stereocenters. The fraction of sp³-hybridized carbons (Fsp3) is 0.316. The summed E-state index contributed by atoms with van der Waals surface area (Å²) in [6.45, 7) is 0.704. The molecule has 8 heteroatoms. The highest BCUT2D eigenvalue weighted by Crippen LogP contribution is 2.25. The molecule has 0 bridgehead atoms. The molecule has 0 atom stereocenters. The number of benzene rings is 2. The summed E-state index contributed by atoms with van der Waals surface area (Å²) in [5.41, 5.74) is 1.52. The first kappa shape index (κ1) is 20.2. The molecule has 0 saturated carbocycles. The van der Waals surface area contributed by atoms with E-state index in [-0.39, 0.29) is 18.1 Å². The van der Waals surface area contributed by atoms with Gasteiger partial charge in [-0.05, 0) is 25.2 Å². The van der Waals surface area contributed by atoms with Crippen LogP contribution in [0.5, 0.6) is 11.5 Å². The summed E-state index contributed by atoms with van der Waals surface area (Å²) in [5, 5.41) is 10.7. The lowest BCUT2D eigenvalue weighted by Crippen LogP contribution is -2.36. The third-order valence-electron chi connectivity index (χ3n) is 4.16. The number of likely N-dealkylation sites (N-methyl/N-ethyl adjacent to an activating group) is 2. The number of nitrogens with zero attached hydrogens (tertiary/aromatic N) is 3. The Morgan fingerprint density at radius 3 is 2.30 bits per heavy atom. The van der Waals surface area contributed by atoms with E-state index in [1.54, 1.807) is 39.5 Å². The molecule has 0 saturated heterocycles. The van der Waals surface area contributed by atoms with Crippen LogP contribution in [0.1, 0.15) is 5.56 Å². The molecule has 0 aliphatic rings. The van der Waals surface area contributed by atoms with Crippen LogP contribution >= 0.6 is 0 Å². The van der Waals surface area contributed by atoms with Gasteiger partial charge in [-0.25, -0.2) is 0 Å². The van der Waals surface area contributed by atoms with Gasteiger partial charge in [0, 0.05) is 43.0 Å². The lowest BCUT2D eigenvalue weighted by Gasteiger charge is -2.22. The Kier molecular flexibility index (Phi) is 6.73. The minimum Gasteiger partial charge on any atom is -0.497 e. The van der Waals surface area contributed by atoms with Gasteiger partial charge in [0.25, 0.3) is 5.69 Å². The maximum atomic E-state index is 12.5. The topological polar surface area (TPSA) is 85.2 Å². The van der Waals surface area contributed by atoms with Gasteiger partial charge in [-0.1, -0.05) is 6.07 Å². The largest absolute Gasteiger partial charge is 0.497 e. The van der Waals surface area contributed by atoms with Crippen LogP contribution in [0.25, 0.3) is 0 Å². The van der Waals surface area contributed by atoms with E-state index < -0.39 is 4.92 Å². The Hall–Kier alpha value is -3.13. The van der Waals surface area contributed by atoms with Crippen molar-refractivity contribution in [3.05, 3.63) is 58.1 Å². The Morgan fingerprint density at radius 2 is 1.74 bits per heavy atom. The molecule has 8 nitrogen and oxygen atoms in total. The zero-order valence-electron chi connectivity index (χ0n) is 15.8. The normalized spacial score (nSPS) is 10.6. The molecule has 2 rings (SSSR count). The number of methoxy groups -OCH3 is 2. The smallest absolute Gasteiger partial charge is 0.269 e. The average Bonchev–Trinajstić information content (AvgIpc) is 2.67. The standard InChI is InChI=1S/C19H23N3O5/c1-20(12-14-5-10-17(26-3)11-18(14)27-4)13-19(23)21(2)15-6-8-16(9-7-15)22(24)25/h5-11H,12-13H2,1-4H3. The second-order valence-corrected chi connectivity index (χ2v) is 6.08. The second kappa shape index (κ2) is 9.00. The van der Waals surface area contributed by atoms with E-state index in [9.17, 15) is 14.9 Å².